The van der Waals surface area contributed by atoms with E-state index in [9.17, 15) is 4.79 Å². The van der Waals surface area contributed by atoms with Gasteiger partial charge in [-0.05, 0) is 71.6 Å². The molecule has 0 saturated carbocycles. The maximum atomic E-state index is 11.8. The second-order valence-electron chi connectivity index (χ2n) is 5.17. The van der Waals surface area contributed by atoms with Gasteiger partial charge < -0.3 is 10.1 Å². The van der Waals surface area contributed by atoms with Gasteiger partial charge in [-0.15, -0.1) is 11.3 Å². The molecule has 1 amide bonds. The normalized spacial score (nSPS) is 10.6. The van der Waals surface area contributed by atoms with Crippen molar-refractivity contribution in [3.05, 3.63) is 49.6 Å². The van der Waals surface area contributed by atoms with Gasteiger partial charge in [0, 0.05) is 22.9 Å². The lowest BCUT2D eigenvalue weighted by molar-refractivity contribution is -0.121. The fourth-order valence-corrected chi connectivity index (χ4v) is 3.80. The Morgan fingerprint density at radius 1 is 1.35 bits per heavy atom. The third-order valence-corrected chi connectivity index (χ3v) is 5.18. The van der Waals surface area contributed by atoms with Crippen LogP contribution in [0.3, 0.4) is 0 Å². The van der Waals surface area contributed by atoms with Crippen LogP contribution in [0, 0.1) is 6.92 Å². The number of nitrogens with one attached hydrogen (secondary N) is 1. The number of carbonyl (C=O) groups excluding carboxylic acids is 1. The van der Waals surface area contributed by atoms with E-state index in [1.165, 1.54) is 4.88 Å². The van der Waals surface area contributed by atoms with E-state index >= 15 is 0 Å². The Hall–Kier alpha value is -1.04. The zero-order valence-electron chi connectivity index (χ0n) is 12.9. The topological polar surface area (TPSA) is 38.3 Å². The SMILES string of the molecule is Cc1cc(Cl)ccc1OCCCC(=O)NCCc1ccc(Br)s1. The van der Waals surface area contributed by atoms with Crippen LogP contribution in [0.5, 0.6) is 5.75 Å². The molecule has 0 bridgehead atoms. The van der Waals surface area contributed by atoms with E-state index in [0.717, 1.165) is 21.5 Å². The molecule has 0 radical (unpaired) electrons. The molecule has 2 aromatic rings. The van der Waals surface area contributed by atoms with Crippen molar-refractivity contribution in [1.82, 2.24) is 5.32 Å². The molecule has 0 aliphatic carbocycles. The molecular weight excluding hydrogens is 398 g/mol. The van der Waals surface area contributed by atoms with Crippen molar-refractivity contribution in [1.29, 1.82) is 0 Å². The minimum absolute atomic E-state index is 0.0667. The molecular formula is C17H19BrClNO2S. The summed E-state index contributed by atoms with van der Waals surface area (Å²) in [5, 5.41) is 3.64. The number of thiophene rings is 1. The summed E-state index contributed by atoms with van der Waals surface area (Å²) >= 11 is 11.0. The van der Waals surface area contributed by atoms with Crippen LogP contribution in [0.1, 0.15) is 23.3 Å². The first-order valence-corrected chi connectivity index (χ1v) is 9.43. The molecule has 0 atom stereocenters. The second-order valence-corrected chi connectivity index (χ2v) is 8.15. The quantitative estimate of drug-likeness (QED) is 0.616. The van der Waals surface area contributed by atoms with Crippen molar-refractivity contribution >= 4 is 44.8 Å². The molecule has 3 nitrogen and oxygen atoms in total. The van der Waals surface area contributed by atoms with Crippen LogP contribution in [0.4, 0.5) is 0 Å². The molecule has 1 N–H and O–H groups in total. The van der Waals surface area contributed by atoms with Crippen molar-refractivity contribution in [2.45, 2.75) is 26.2 Å². The second kappa shape index (κ2) is 9.30. The Morgan fingerprint density at radius 3 is 2.87 bits per heavy atom. The van der Waals surface area contributed by atoms with Crippen molar-refractivity contribution in [2.75, 3.05) is 13.2 Å². The Kier molecular flexibility index (Phi) is 7.40. The van der Waals surface area contributed by atoms with Crippen molar-refractivity contribution < 1.29 is 9.53 Å². The number of ether oxygens (including phenoxy) is 1. The molecule has 6 heteroatoms. The summed E-state index contributed by atoms with van der Waals surface area (Å²) in [6.45, 7) is 3.15. The fraction of sp³-hybridized carbons (Fsp3) is 0.353. The molecule has 1 aromatic carbocycles. The first kappa shape index (κ1) is 18.3. The Labute approximate surface area is 154 Å². The van der Waals surface area contributed by atoms with Crippen LogP contribution in [0.15, 0.2) is 34.1 Å². The first-order valence-electron chi connectivity index (χ1n) is 7.44. The van der Waals surface area contributed by atoms with E-state index in [1.54, 1.807) is 17.4 Å². The van der Waals surface area contributed by atoms with Gasteiger partial charge in [0.25, 0.3) is 0 Å². The van der Waals surface area contributed by atoms with Gasteiger partial charge in [-0.2, -0.15) is 0 Å². The number of carbonyl (C=O) groups is 1. The molecule has 0 saturated heterocycles. The lowest BCUT2D eigenvalue weighted by atomic mass is 10.2. The van der Waals surface area contributed by atoms with Gasteiger partial charge in [-0.1, -0.05) is 11.6 Å². The van der Waals surface area contributed by atoms with Crippen LogP contribution in [-0.2, 0) is 11.2 Å². The summed E-state index contributed by atoms with van der Waals surface area (Å²) in [4.78, 5) is 13.0. The van der Waals surface area contributed by atoms with E-state index < -0.39 is 0 Å². The highest BCUT2D eigenvalue weighted by Crippen LogP contribution is 2.22. The van der Waals surface area contributed by atoms with E-state index in [4.69, 9.17) is 16.3 Å². The molecule has 23 heavy (non-hydrogen) atoms. The average molecular weight is 417 g/mol. The highest BCUT2D eigenvalue weighted by atomic mass is 79.9. The molecule has 0 spiro atoms. The van der Waals surface area contributed by atoms with E-state index in [-0.39, 0.29) is 5.91 Å². The highest BCUT2D eigenvalue weighted by molar-refractivity contribution is 9.11. The van der Waals surface area contributed by atoms with Gasteiger partial charge in [-0.3, -0.25) is 4.79 Å². The van der Waals surface area contributed by atoms with Crippen LogP contribution >= 0.6 is 38.9 Å². The standard InChI is InChI=1S/C17H19BrClNO2S/c1-12-11-13(19)4-6-15(12)22-10-2-3-17(21)20-9-8-14-5-7-16(18)23-14/h4-7,11H,2-3,8-10H2,1H3,(H,20,21). The summed E-state index contributed by atoms with van der Waals surface area (Å²) in [5.74, 6) is 0.884. The molecule has 1 aromatic heterocycles. The molecule has 124 valence electrons. The van der Waals surface area contributed by atoms with Gasteiger partial charge >= 0.3 is 0 Å². The number of benzene rings is 1. The smallest absolute Gasteiger partial charge is 0.220 e. The molecule has 0 fully saturated rings. The lowest BCUT2D eigenvalue weighted by Gasteiger charge is -2.09. The van der Waals surface area contributed by atoms with Gasteiger partial charge in [-0.25, -0.2) is 0 Å². The van der Waals surface area contributed by atoms with Crippen LogP contribution in [0.25, 0.3) is 0 Å². The number of halogens is 2. The zero-order chi connectivity index (χ0) is 16.7. The number of aryl methyl sites for hydroxylation is 1. The monoisotopic (exact) mass is 415 g/mol. The minimum atomic E-state index is 0.0667. The summed E-state index contributed by atoms with van der Waals surface area (Å²) in [6, 6.07) is 9.63. The third-order valence-electron chi connectivity index (χ3n) is 3.27. The van der Waals surface area contributed by atoms with Crippen molar-refractivity contribution in [3.8, 4) is 5.75 Å². The largest absolute Gasteiger partial charge is 0.493 e. The molecule has 0 unspecified atom stereocenters. The number of amides is 1. The molecule has 2 rings (SSSR count). The number of hydrogen-bond acceptors (Lipinski definition) is 3. The predicted octanol–water partition coefficient (Wildman–Crippen LogP) is 4.99. The average Bonchev–Trinajstić information content (AvgIpc) is 2.91. The molecule has 0 aliphatic heterocycles. The molecule has 1 heterocycles. The number of rotatable bonds is 8. The summed E-state index contributed by atoms with van der Waals surface area (Å²) in [5.41, 5.74) is 1.00. The van der Waals surface area contributed by atoms with Crippen LogP contribution in [0.2, 0.25) is 5.02 Å². The highest BCUT2D eigenvalue weighted by Gasteiger charge is 2.04. The minimum Gasteiger partial charge on any atom is -0.493 e. The van der Waals surface area contributed by atoms with E-state index in [1.807, 2.05) is 25.1 Å². The van der Waals surface area contributed by atoms with E-state index in [2.05, 4.69) is 27.3 Å². The maximum Gasteiger partial charge on any atom is 0.220 e. The van der Waals surface area contributed by atoms with Gasteiger partial charge in [0.1, 0.15) is 5.75 Å². The Bertz CT molecular complexity index is 660. The van der Waals surface area contributed by atoms with Crippen LogP contribution in [-0.4, -0.2) is 19.1 Å². The Balaban J connectivity index is 1.59. The van der Waals surface area contributed by atoms with Gasteiger partial charge in [0.15, 0.2) is 0 Å². The first-order chi connectivity index (χ1) is 11.0. The van der Waals surface area contributed by atoms with Crippen molar-refractivity contribution in [2.24, 2.45) is 0 Å². The lowest BCUT2D eigenvalue weighted by Crippen LogP contribution is -2.25. The maximum absolute atomic E-state index is 11.8. The van der Waals surface area contributed by atoms with Gasteiger partial charge in [0.05, 0.1) is 10.4 Å². The predicted molar refractivity (Wildman–Crippen MR) is 99.7 cm³/mol. The zero-order valence-corrected chi connectivity index (χ0v) is 16.1. The summed E-state index contributed by atoms with van der Waals surface area (Å²) < 4.78 is 6.80. The van der Waals surface area contributed by atoms with Crippen LogP contribution < -0.4 is 10.1 Å². The summed E-state index contributed by atoms with van der Waals surface area (Å²) in [7, 11) is 0. The summed E-state index contributed by atoms with van der Waals surface area (Å²) in [6.07, 6.45) is 2.03. The fourth-order valence-electron chi connectivity index (χ4n) is 2.09. The van der Waals surface area contributed by atoms with E-state index in [0.29, 0.717) is 31.0 Å². The van der Waals surface area contributed by atoms with Crippen molar-refractivity contribution in [3.63, 3.8) is 0 Å². The third kappa shape index (κ3) is 6.53. The Morgan fingerprint density at radius 2 is 2.17 bits per heavy atom. The number of hydrogen-bond donors (Lipinski definition) is 1. The molecule has 0 aliphatic rings. The van der Waals surface area contributed by atoms with Gasteiger partial charge in [0.2, 0.25) is 5.91 Å².